The normalized spacial score (nSPS) is 24.1. The fraction of sp³-hybridized carbons (Fsp3) is 0.667. The number of nitrogens with zero attached hydrogens (tertiary/aromatic N) is 4. The molecule has 0 unspecified atom stereocenters. The van der Waals surface area contributed by atoms with Crippen LogP contribution in [0.4, 0.5) is 5.95 Å². The molecule has 104 valence electrons. The Morgan fingerprint density at radius 1 is 1.42 bits per heavy atom. The number of aryl methyl sites for hydroxylation is 2. The van der Waals surface area contributed by atoms with Crippen LogP contribution in [0.25, 0.3) is 11.2 Å². The summed E-state index contributed by atoms with van der Waals surface area (Å²) in [5.74, 6) is 2.06. The van der Waals surface area contributed by atoms with Gasteiger partial charge in [0.25, 0.3) is 0 Å². The van der Waals surface area contributed by atoms with Gasteiger partial charge in [-0.1, -0.05) is 0 Å². The summed E-state index contributed by atoms with van der Waals surface area (Å²) >= 11 is 0. The summed E-state index contributed by atoms with van der Waals surface area (Å²) in [4.78, 5) is 4.46. The summed E-state index contributed by atoms with van der Waals surface area (Å²) in [6.45, 7) is 4.82. The molecule has 0 saturated carbocycles. The highest BCUT2D eigenvalue weighted by Crippen LogP contribution is 2.30. The lowest BCUT2D eigenvalue weighted by Gasteiger charge is -2.24. The zero-order valence-corrected chi connectivity index (χ0v) is 12.1. The van der Waals surface area contributed by atoms with Crippen LogP contribution < -0.4 is 5.73 Å². The van der Waals surface area contributed by atoms with Crippen LogP contribution in [0.15, 0.2) is 0 Å². The summed E-state index contributed by atoms with van der Waals surface area (Å²) in [6, 6.07) is 0.295. The van der Waals surface area contributed by atoms with Gasteiger partial charge in [0.05, 0.1) is 5.69 Å². The first kappa shape index (κ1) is 12.7. The summed E-state index contributed by atoms with van der Waals surface area (Å²) < 4.78 is 15.5. The van der Waals surface area contributed by atoms with Gasteiger partial charge >= 0.3 is 0 Å². The van der Waals surface area contributed by atoms with E-state index < -0.39 is 10.8 Å². The third-order valence-electron chi connectivity index (χ3n) is 3.79. The molecule has 1 aliphatic rings. The molecule has 6 nitrogen and oxygen atoms in total. The van der Waals surface area contributed by atoms with E-state index in [4.69, 9.17) is 5.73 Å². The summed E-state index contributed by atoms with van der Waals surface area (Å²) in [6.07, 6.45) is 1.80. The fourth-order valence-corrected chi connectivity index (χ4v) is 4.10. The summed E-state index contributed by atoms with van der Waals surface area (Å²) in [7, 11) is -0.662. The smallest absolute Gasteiger partial charge is 0.202 e. The number of nitrogens with two attached hydrogens (primary N) is 1. The van der Waals surface area contributed by atoms with E-state index in [1.165, 1.54) is 0 Å². The van der Waals surface area contributed by atoms with Gasteiger partial charge in [0.2, 0.25) is 5.95 Å². The monoisotopic (exact) mass is 281 g/mol. The maximum Gasteiger partial charge on any atom is 0.202 e. The zero-order valence-electron chi connectivity index (χ0n) is 11.3. The topological polar surface area (TPSA) is 78.7 Å². The van der Waals surface area contributed by atoms with Crippen LogP contribution in [0.5, 0.6) is 0 Å². The van der Waals surface area contributed by atoms with Crippen molar-refractivity contribution >= 4 is 27.9 Å². The van der Waals surface area contributed by atoms with Crippen LogP contribution in [0.3, 0.4) is 0 Å². The third-order valence-corrected chi connectivity index (χ3v) is 5.18. The second kappa shape index (κ2) is 4.63. The van der Waals surface area contributed by atoms with Gasteiger partial charge in [-0.25, -0.2) is 9.67 Å². The molecule has 1 aliphatic heterocycles. The molecule has 0 radical (unpaired) electrons. The first-order valence-corrected chi connectivity index (χ1v) is 8.16. The van der Waals surface area contributed by atoms with Crippen LogP contribution in [-0.4, -0.2) is 35.0 Å². The molecule has 3 heterocycles. The Bertz CT molecular complexity index is 634. The van der Waals surface area contributed by atoms with Crippen molar-refractivity contribution < 1.29 is 4.21 Å². The minimum Gasteiger partial charge on any atom is -0.369 e. The van der Waals surface area contributed by atoms with Gasteiger partial charge in [-0.15, -0.1) is 0 Å². The van der Waals surface area contributed by atoms with E-state index in [1.54, 1.807) is 0 Å². The molecular formula is C12H19N5OS. The lowest BCUT2D eigenvalue weighted by molar-refractivity contribution is 0.467. The largest absolute Gasteiger partial charge is 0.369 e. The van der Waals surface area contributed by atoms with Crippen LogP contribution in [0, 0.1) is 6.92 Å². The van der Waals surface area contributed by atoms with E-state index >= 15 is 0 Å². The first-order chi connectivity index (χ1) is 9.11. The Morgan fingerprint density at radius 2 is 2.11 bits per heavy atom. The van der Waals surface area contributed by atoms with Gasteiger partial charge in [-0.05, 0) is 26.7 Å². The summed E-state index contributed by atoms with van der Waals surface area (Å²) in [5.41, 5.74) is 8.91. The highest BCUT2D eigenvalue weighted by atomic mass is 32.2. The maximum absolute atomic E-state index is 11.5. The van der Waals surface area contributed by atoms with Crippen molar-refractivity contribution in [3.05, 3.63) is 5.69 Å². The molecule has 0 amide bonds. The SMILES string of the molecule is CCn1nc(C)c2nc(N)n(C3CCS(=O)CC3)c21. The van der Waals surface area contributed by atoms with Gasteiger partial charge in [0.1, 0.15) is 5.52 Å². The molecule has 1 fully saturated rings. The van der Waals surface area contributed by atoms with E-state index in [-0.39, 0.29) is 0 Å². The number of aromatic nitrogens is 4. The van der Waals surface area contributed by atoms with Crippen LogP contribution in [0.2, 0.25) is 0 Å². The average molecular weight is 281 g/mol. The van der Waals surface area contributed by atoms with Crippen molar-refractivity contribution in [2.75, 3.05) is 17.2 Å². The molecule has 2 aromatic heterocycles. The van der Waals surface area contributed by atoms with Crippen LogP contribution >= 0.6 is 0 Å². The number of rotatable bonds is 2. The number of imidazole rings is 1. The number of hydrogen-bond donors (Lipinski definition) is 1. The van der Waals surface area contributed by atoms with Gasteiger partial charge in [0, 0.05) is 34.9 Å². The third kappa shape index (κ3) is 1.96. The quantitative estimate of drug-likeness (QED) is 0.898. The van der Waals surface area contributed by atoms with E-state index in [1.807, 2.05) is 11.6 Å². The molecule has 7 heteroatoms. The van der Waals surface area contributed by atoms with Crippen molar-refractivity contribution in [2.45, 2.75) is 39.3 Å². The molecule has 0 aromatic carbocycles. The van der Waals surface area contributed by atoms with E-state index in [2.05, 4.69) is 21.6 Å². The van der Waals surface area contributed by atoms with Crippen molar-refractivity contribution in [3.63, 3.8) is 0 Å². The fourth-order valence-electron chi connectivity index (χ4n) is 2.83. The van der Waals surface area contributed by atoms with Crippen molar-refractivity contribution in [3.8, 4) is 0 Å². The van der Waals surface area contributed by atoms with Crippen LogP contribution in [0.1, 0.15) is 31.5 Å². The maximum atomic E-state index is 11.5. The zero-order chi connectivity index (χ0) is 13.6. The number of hydrogen-bond acceptors (Lipinski definition) is 4. The molecule has 1 saturated heterocycles. The van der Waals surface area contributed by atoms with E-state index in [0.717, 1.165) is 47.7 Å². The molecule has 0 aliphatic carbocycles. The lowest BCUT2D eigenvalue weighted by Crippen LogP contribution is -2.23. The minimum atomic E-state index is -0.662. The highest BCUT2D eigenvalue weighted by molar-refractivity contribution is 7.85. The molecule has 0 bridgehead atoms. The number of fused-ring (bicyclic) bond motifs is 1. The van der Waals surface area contributed by atoms with Crippen molar-refractivity contribution in [2.24, 2.45) is 0 Å². The number of anilines is 1. The Morgan fingerprint density at radius 3 is 2.74 bits per heavy atom. The molecule has 2 aromatic rings. The predicted octanol–water partition coefficient (Wildman–Crippen LogP) is 1.23. The second-order valence-corrected chi connectivity index (χ2v) is 6.69. The molecular weight excluding hydrogens is 262 g/mol. The minimum absolute atomic E-state index is 0.295. The predicted molar refractivity (Wildman–Crippen MR) is 76.5 cm³/mol. The van der Waals surface area contributed by atoms with Crippen LogP contribution in [-0.2, 0) is 17.3 Å². The number of nitrogen functional groups attached to an aromatic ring is 1. The van der Waals surface area contributed by atoms with Gasteiger partial charge < -0.3 is 5.73 Å². The Hall–Kier alpha value is -1.37. The first-order valence-electron chi connectivity index (χ1n) is 6.67. The van der Waals surface area contributed by atoms with E-state index in [0.29, 0.717) is 12.0 Å². The highest BCUT2D eigenvalue weighted by Gasteiger charge is 2.25. The average Bonchev–Trinajstić information content (AvgIpc) is 2.88. The molecule has 0 spiro atoms. The van der Waals surface area contributed by atoms with Gasteiger partial charge in [-0.3, -0.25) is 8.78 Å². The molecule has 2 N–H and O–H groups in total. The summed E-state index contributed by atoms with van der Waals surface area (Å²) in [5, 5.41) is 4.50. The van der Waals surface area contributed by atoms with Crippen molar-refractivity contribution in [1.29, 1.82) is 0 Å². The Balaban J connectivity index is 2.11. The second-order valence-electron chi connectivity index (χ2n) is 4.99. The van der Waals surface area contributed by atoms with E-state index in [9.17, 15) is 4.21 Å². The van der Waals surface area contributed by atoms with Gasteiger partial charge in [-0.2, -0.15) is 5.10 Å². The lowest BCUT2D eigenvalue weighted by atomic mass is 10.1. The standard InChI is InChI=1S/C12H19N5OS/c1-3-16-11-10(8(2)15-16)14-12(13)17(11)9-4-6-19(18)7-5-9/h9H,3-7H2,1-2H3,(H2,13,14). The Kier molecular flexibility index (Phi) is 3.08. The molecule has 0 atom stereocenters. The molecule has 19 heavy (non-hydrogen) atoms. The van der Waals surface area contributed by atoms with Crippen molar-refractivity contribution in [1.82, 2.24) is 19.3 Å². The molecule has 3 rings (SSSR count). The van der Waals surface area contributed by atoms with Gasteiger partial charge in [0.15, 0.2) is 5.65 Å². The Labute approximate surface area is 114 Å².